The van der Waals surface area contributed by atoms with Gasteiger partial charge in [0.1, 0.15) is 5.78 Å². The number of ether oxygens (including phenoxy) is 1. The minimum absolute atomic E-state index is 0.0363. The van der Waals surface area contributed by atoms with Gasteiger partial charge in [0.25, 0.3) is 0 Å². The molecule has 0 heterocycles. The van der Waals surface area contributed by atoms with Crippen LogP contribution in [0.15, 0.2) is 0 Å². The molecule has 0 spiro atoms. The fraction of sp³-hybridized carbons (Fsp3) is 0.812. The Morgan fingerprint density at radius 1 is 1.05 bits per heavy atom. The number of nitrogens with zero attached hydrogens (tertiary/aromatic N) is 1. The van der Waals surface area contributed by atoms with E-state index in [2.05, 4.69) is 0 Å². The molecular formula is C16H29NO4. The van der Waals surface area contributed by atoms with E-state index in [1.165, 1.54) is 11.8 Å². The fourth-order valence-electron chi connectivity index (χ4n) is 2.29. The second-order valence-corrected chi connectivity index (χ2v) is 5.77. The zero-order chi connectivity index (χ0) is 16.6. The average molecular weight is 299 g/mol. The summed E-state index contributed by atoms with van der Waals surface area (Å²) in [4.78, 5) is 37.2. The molecule has 0 aliphatic rings. The van der Waals surface area contributed by atoms with Crippen molar-refractivity contribution in [2.75, 3.05) is 20.7 Å². The van der Waals surface area contributed by atoms with Crippen LogP contribution in [-0.2, 0) is 19.1 Å². The molecule has 5 nitrogen and oxygen atoms in total. The summed E-state index contributed by atoms with van der Waals surface area (Å²) >= 11 is 0. The van der Waals surface area contributed by atoms with Gasteiger partial charge < -0.3 is 9.64 Å². The van der Waals surface area contributed by atoms with Crippen molar-refractivity contribution in [2.24, 2.45) is 17.8 Å². The maximum atomic E-state index is 12.3. The van der Waals surface area contributed by atoms with Gasteiger partial charge in [-0.15, -0.1) is 0 Å². The summed E-state index contributed by atoms with van der Waals surface area (Å²) in [5.74, 6) is -1.03. The minimum atomic E-state index is -0.326. The Balaban J connectivity index is 4.98. The van der Waals surface area contributed by atoms with Crippen molar-refractivity contribution >= 4 is 17.7 Å². The molecule has 0 aliphatic carbocycles. The van der Waals surface area contributed by atoms with Crippen LogP contribution in [0.25, 0.3) is 0 Å². The standard InChI is InChI=1S/C16H29NO4/c1-7-13(16(20)21-8-2)10-14(15(19)17(5)6)9-11(3)12(4)18/h11,13-14H,7-10H2,1-6H3. The Bertz CT molecular complexity index is 365. The first-order valence-corrected chi connectivity index (χ1v) is 7.62. The Labute approximate surface area is 128 Å². The molecule has 3 atom stereocenters. The molecule has 0 aromatic rings. The van der Waals surface area contributed by atoms with Crippen LogP contribution in [0.2, 0.25) is 0 Å². The molecule has 0 aromatic carbocycles. The molecule has 0 aromatic heterocycles. The molecular weight excluding hydrogens is 270 g/mol. The van der Waals surface area contributed by atoms with E-state index in [0.29, 0.717) is 25.9 Å². The van der Waals surface area contributed by atoms with Crippen molar-refractivity contribution in [2.45, 2.75) is 47.0 Å². The number of ketones is 1. The molecule has 0 saturated heterocycles. The van der Waals surface area contributed by atoms with Gasteiger partial charge in [-0.2, -0.15) is 0 Å². The summed E-state index contributed by atoms with van der Waals surface area (Å²) in [6.07, 6.45) is 1.54. The van der Waals surface area contributed by atoms with Gasteiger partial charge in [0, 0.05) is 25.9 Å². The highest BCUT2D eigenvalue weighted by molar-refractivity contribution is 5.82. The van der Waals surface area contributed by atoms with Gasteiger partial charge in [0.15, 0.2) is 0 Å². The Morgan fingerprint density at radius 2 is 1.62 bits per heavy atom. The molecule has 122 valence electrons. The molecule has 21 heavy (non-hydrogen) atoms. The minimum Gasteiger partial charge on any atom is -0.466 e. The average Bonchev–Trinajstić information content (AvgIpc) is 2.42. The highest BCUT2D eigenvalue weighted by Gasteiger charge is 2.30. The van der Waals surface area contributed by atoms with Crippen LogP contribution >= 0.6 is 0 Å². The zero-order valence-corrected chi connectivity index (χ0v) is 14.1. The quantitative estimate of drug-likeness (QED) is 0.613. The molecule has 0 fully saturated rings. The summed E-state index contributed by atoms with van der Waals surface area (Å²) in [5.41, 5.74) is 0. The Hall–Kier alpha value is -1.39. The highest BCUT2D eigenvalue weighted by atomic mass is 16.5. The van der Waals surface area contributed by atoms with E-state index in [-0.39, 0.29) is 35.4 Å². The smallest absolute Gasteiger partial charge is 0.308 e. The summed E-state index contributed by atoms with van der Waals surface area (Å²) in [5, 5.41) is 0. The largest absolute Gasteiger partial charge is 0.466 e. The van der Waals surface area contributed by atoms with Gasteiger partial charge >= 0.3 is 5.97 Å². The number of Topliss-reactive ketones (excluding diaryl/α,β-unsaturated/α-hetero) is 1. The lowest BCUT2D eigenvalue weighted by molar-refractivity contribution is -0.149. The van der Waals surface area contributed by atoms with Crippen LogP contribution < -0.4 is 0 Å². The summed E-state index contributed by atoms with van der Waals surface area (Å²) in [7, 11) is 3.39. The Morgan fingerprint density at radius 3 is 2.00 bits per heavy atom. The van der Waals surface area contributed by atoms with Crippen molar-refractivity contribution in [1.29, 1.82) is 0 Å². The lowest BCUT2D eigenvalue weighted by Crippen LogP contribution is -2.34. The maximum Gasteiger partial charge on any atom is 0.308 e. The summed E-state index contributed by atoms with van der Waals surface area (Å²) in [6, 6.07) is 0. The van der Waals surface area contributed by atoms with Crippen molar-refractivity contribution in [3.05, 3.63) is 0 Å². The third-order valence-corrected chi connectivity index (χ3v) is 3.80. The predicted molar refractivity (Wildman–Crippen MR) is 81.7 cm³/mol. The van der Waals surface area contributed by atoms with Crippen molar-refractivity contribution in [1.82, 2.24) is 4.90 Å². The first-order valence-electron chi connectivity index (χ1n) is 7.62. The Kier molecular flexibility index (Phi) is 8.90. The molecule has 0 aliphatic heterocycles. The summed E-state index contributed by atoms with van der Waals surface area (Å²) in [6.45, 7) is 7.37. The lowest BCUT2D eigenvalue weighted by atomic mass is 9.84. The fourth-order valence-corrected chi connectivity index (χ4v) is 2.29. The number of amides is 1. The van der Waals surface area contributed by atoms with Crippen LogP contribution in [0, 0.1) is 17.8 Å². The van der Waals surface area contributed by atoms with E-state index in [4.69, 9.17) is 4.74 Å². The van der Waals surface area contributed by atoms with Crippen LogP contribution in [0.1, 0.15) is 47.0 Å². The van der Waals surface area contributed by atoms with E-state index in [9.17, 15) is 14.4 Å². The molecule has 3 unspecified atom stereocenters. The topological polar surface area (TPSA) is 63.7 Å². The lowest BCUT2D eigenvalue weighted by Gasteiger charge is -2.25. The molecule has 0 saturated carbocycles. The van der Waals surface area contributed by atoms with Crippen LogP contribution in [-0.4, -0.2) is 43.3 Å². The van der Waals surface area contributed by atoms with Gasteiger partial charge in [-0.25, -0.2) is 0 Å². The van der Waals surface area contributed by atoms with Gasteiger partial charge in [0.05, 0.1) is 12.5 Å². The zero-order valence-electron chi connectivity index (χ0n) is 14.1. The molecule has 5 heteroatoms. The van der Waals surface area contributed by atoms with Crippen LogP contribution in [0.4, 0.5) is 0 Å². The van der Waals surface area contributed by atoms with Gasteiger partial charge in [-0.05, 0) is 33.1 Å². The van der Waals surface area contributed by atoms with Crippen molar-refractivity contribution in [3.63, 3.8) is 0 Å². The molecule has 1 amide bonds. The normalized spacial score (nSPS) is 15.0. The first-order chi connectivity index (χ1) is 9.74. The number of rotatable bonds is 9. The second kappa shape index (κ2) is 9.53. The first kappa shape index (κ1) is 19.6. The van der Waals surface area contributed by atoms with E-state index < -0.39 is 0 Å². The number of carbonyl (C=O) groups excluding carboxylic acids is 3. The monoisotopic (exact) mass is 299 g/mol. The third-order valence-electron chi connectivity index (χ3n) is 3.80. The van der Waals surface area contributed by atoms with E-state index in [0.717, 1.165) is 0 Å². The van der Waals surface area contributed by atoms with Crippen molar-refractivity contribution < 1.29 is 19.1 Å². The summed E-state index contributed by atoms with van der Waals surface area (Å²) < 4.78 is 5.06. The molecule has 0 N–H and O–H groups in total. The van der Waals surface area contributed by atoms with E-state index >= 15 is 0 Å². The number of hydrogen-bond donors (Lipinski definition) is 0. The van der Waals surface area contributed by atoms with E-state index in [1.807, 2.05) is 13.8 Å². The second-order valence-electron chi connectivity index (χ2n) is 5.77. The number of carbonyl (C=O) groups is 3. The molecule has 0 rings (SSSR count). The molecule has 0 bridgehead atoms. The maximum absolute atomic E-state index is 12.3. The van der Waals surface area contributed by atoms with Gasteiger partial charge in [-0.1, -0.05) is 13.8 Å². The van der Waals surface area contributed by atoms with Gasteiger partial charge in [0.2, 0.25) is 5.91 Å². The number of hydrogen-bond acceptors (Lipinski definition) is 4. The predicted octanol–water partition coefficient (Wildman–Crippen LogP) is 2.29. The van der Waals surface area contributed by atoms with E-state index in [1.54, 1.807) is 21.0 Å². The third kappa shape index (κ3) is 6.74. The van der Waals surface area contributed by atoms with Crippen LogP contribution in [0.5, 0.6) is 0 Å². The number of esters is 1. The molecule has 0 radical (unpaired) electrons. The SMILES string of the molecule is CCOC(=O)C(CC)CC(CC(C)C(C)=O)C(=O)N(C)C. The van der Waals surface area contributed by atoms with Crippen molar-refractivity contribution in [3.8, 4) is 0 Å². The van der Waals surface area contributed by atoms with Crippen LogP contribution in [0.3, 0.4) is 0 Å². The highest BCUT2D eigenvalue weighted by Crippen LogP contribution is 2.25. The van der Waals surface area contributed by atoms with Gasteiger partial charge in [-0.3, -0.25) is 14.4 Å².